The molecule has 0 aliphatic heterocycles. The molecule has 0 spiro atoms. The van der Waals surface area contributed by atoms with Crippen LogP contribution in [0.3, 0.4) is 0 Å². The number of hydrogen-bond donors (Lipinski definition) is 0. The third-order valence-electron chi connectivity index (χ3n) is 3.08. The molecule has 0 bridgehead atoms. The van der Waals surface area contributed by atoms with Gasteiger partial charge in [0.1, 0.15) is 0 Å². The zero-order valence-electron chi connectivity index (χ0n) is 12.5. The lowest BCUT2D eigenvalue weighted by Crippen LogP contribution is -2.33. The summed E-state index contributed by atoms with van der Waals surface area (Å²) in [6, 6.07) is 4.26. The van der Waals surface area contributed by atoms with Gasteiger partial charge >= 0.3 is 0 Å². The second kappa shape index (κ2) is 14.3. The summed E-state index contributed by atoms with van der Waals surface area (Å²) < 4.78 is 0. The van der Waals surface area contributed by atoms with Crippen LogP contribution in [0.25, 0.3) is 9.69 Å². The molecule has 0 amide bonds. The standard InChI is InChI=1S/C15H22N6/c1-18-8-14-21(15-9-19-2)13-5-12-20(10-3-6-16)11-4-7-17/h3-5,8-15H2. The molecule has 0 aromatic carbocycles. The van der Waals surface area contributed by atoms with Gasteiger partial charge in [0.05, 0.1) is 25.2 Å². The first-order valence-electron chi connectivity index (χ1n) is 7.13. The maximum Gasteiger partial charge on any atom is 0.227 e. The molecule has 0 aromatic rings. The summed E-state index contributed by atoms with van der Waals surface area (Å²) >= 11 is 0. The van der Waals surface area contributed by atoms with E-state index in [2.05, 4.69) is 31.6 Å². The van der Waals surface area contributed by atoms with Crippen molar-refractivity contribution in [3.8, 4) is 12.1 Å². The Kier molecular flexibility index (Phi) is 12.8. The summed E-state index contributed by atoms with van der Waals surface area (Å²) in [5.41, 5.74) is 0. The molecule has 0 rings (SSSR count). The van der Waals surface area contributed by atoms with Gasteiger partial charge < -0.3 is 14.6 Å². The van der Waals surface area contributed by atoms with Gasteiger partial charge in [-0.05, 0) is 19.5 Å². The van der Waals surface area contributed by atoms with Gasteiger partial charge in [0.2, 0.25) is 13.1 Å². The van der Waals surface area contributed by atoms with Gasteiger partial charge in [-0.25, -0.2) is 13.1 Å². The van der Waals surface area contributed by atoms with Crippen molar-refractivity contribution < 1.29 is 0 Å². The summed E-state index contributed by atoms with van der Waals surface area (Å²) in [7, 11) is 0. The molecule has 0 heterocycles. The van der Waals surface area contributed by atoms with Gasteiger partial charge in [0.15, 0.2) is 0 Å². The molecule has 0 aliphatic rings. The quantitative estimate of drug-likeness (QED) is 0.512. The molecule has 0 N–H and O–H groups in total. The highest BCUT2D eigenvalue weighted by molar-refractivity contribution is 4.77. The largest absolute Gasteiger partial charge is 0.316 e. The molecule has 0 fully saturated rings. The van der Waals surface area contributed by atoms with Gasteiger partial charge in [-0.2, -0.15) is 10.5 Å². The summed E-state index contributed by atoms with van der Waals surface area (Å²) in [5, 5.41) is 17.3. The van der Waals surface area contributed by atoms with Crippen LogP contribution in [0.1, 0.15) is 19.3 Å². The van der Waals surface area contributed by atoms with Gasteiger partial charge in [0.25, 0.3) is 0 Å². The Bertz CT molecular complexity index is 343. The predicted octanol–water partition coefficient (Wildman–Crippen LogP) is 1.65. The first-order chi connectivity index (χ1) is 10.3. The summed E-state index contributed by atoms with van der Waals surface area (Å²) in [6.07, 6.45) is 1.88. The lowest BCUT2D eigenvalue weighted by atomic mass is 10.3. The highest BCUT2D eigenvalue weighted by Gasteiger charge is 2.09. The van der Waals surface area contributed by atoms with Crippen LogP contribution in [0.5, 0.6) is 0 Å². The molecule has 0 aliphatic carbocycles. The van der Waals surface area contributed by atoms with Crippen molar-refractivity contribution >= 4 is 0 Å². The zero-order valence-corrected chi connectivity index (χ0v) is 12.5. The lowest BCUT2D eigenvalue weighted by molar-refractivity contribution is 0.241. The first-order valence-corrected chi connectivity index (χ1v) is 7.13. The van der Waals surface area contributed by atoms with E-state index in [1.807, 2.05) is 0 Å². The van der Waals surface area contributed by atoms with E-state index in [0.717, 1.165) is 19.5 Å². The molecule has 0 radical (unpaired) electrons. The zero-order chi connectivity index (χ0) is 15.8. The predicted molar refractivity (Wildman–Crippen MR) is 80.9 cm³/mol. The average Bonchev–Trinajstić information content (AvgIpc) is 2.51. The van der Waals surface area contributed by atoms with Crippen LogP contribution in [-0.2, 0) is 0 Å². The minimum Gasteiger partial charge on any atom is -0.316 e. The third kappa shape index (κ3) is 11.4. The molecular weight excluding hydrogens is 264 g/mol. The van der Waals surface area contributed by atoms with Crippen LogP contribution >= 0.6 is 0 Å². The van der Waals surface area contributed by atoms with Crippen molar-refractivity contribution in [1.82, 2.24) is 9.80 Å². The van der Waals surface area contributed by atoms with Crippen molar-refractivity contribution in [2.45, 2.75) is 19.3 Å². The average molecular weight is 286 g/mol. The monoisotopic (exact) mass is 286 g/mol. The molecule has 112 valence electrons. The van der Waals surface area contributed by atoms with E-state index >= 15 is 0 Å². The SMILES string of the molecule is [C-]#[N+]CCN(CCCN(CCC#N)CCC#N)CC[N+]#[C-]. The number of nitrogens with zero attached hydrogens (tertiary/aromatic N) is 6. The van der Waals surface area contributed by atoms with Crippen LogP contribution in [0.15, 0.2) is 0 Å². The third-order valence-corrected chi connectivity index (χ3v) is 3.08. The van der Waals surface area contributed by atoms with Gasteiger partial charge in [-0.3, -0.25) is 4.90 Å². The fourth-order valence-electron chi connectivity index (χ4n) is 1.99. The maximum absolute atomic E-state index is 8.64. The fourth-order valence-corrected chi connectivity index (χ4v) is 1.99. The summed E-state index contributed by atoms with van der Waals surface area (Å²) in [5.74, 6) is 0. The van der Waals surface area contributed by atoms with E-state index in [-0.39, 0.29) is 0 Å². The second-order valence-electron chi connectivity index (χ2n) is 4.62. The maximum atomic E-state index is 8.64. The van der Waals surface area contributed by atoms with E-state index < -0.39 is 0 Å². The Morgan fingerprint density at radius 3 is 1.52 bits per heavy atom. The number of nitriles is 2. The lowest BCUT2D eigenvalue weighted by Gasteiger charge is -2.22. The van der Waals surface area contributed by atoms with Crippen molar-refractivity contribution in [2.75, 3.05) is 52.4 Å². The summed E-state index contributed by atoms with van der Waals surface area (Å²) in [4.78, 5) is 11.0. The Balaban J connectivity index is 4.10. The van der Waals surface area contributed by atoms with Crippen LogP contribution < -0.4 is 0 Å². The molecule has 0 unspecified atom stereocenters. The van der Waals surface area contributed by atoms with Gasteiger partial charge in [0, 0.05) is 25.9 Å². The first kappa shape index (κ1) is 18.9. The Morgan fingerprint density at radius 2 is 1.14 bits per heavy atom. The van der Waals surface area contributed by atoms with E-state index in [4.69, 9.17) is 23.7 Å². The van der Waals surface area contributed by atoms with Crippen LogP contribution in [0.2, 0.25) is 0 Å². The molecule has 0 atom stereocenters. The van der Waals surface area contributed by atoms with Gasteiger partial charge in [-0.1, -0.05) is 0 Å². The van der Waals surface area contributed by atoms with Crippen LogP contribution in [0.4, 0.5) is 0 Å². The van der Waals surface area contributed by atoms with E-state index in [9.17, 15) is 0 Å². The molecule has 0 saturated heterocycles. The van der Waals surface area contributed by atoms with E-state index in [1.54, 1.807) is 0 Å². The Morgan fingerprint density at radius 1 is 0.714 bits per heavy atom. The van der Waals surface area contributed by atoms with Crippen molar-refractivity contribution in [2.24, 2.45) is 0 Å². The van der Waals surface area contributed by atoms with Crippen molar-refractivity contribution in [1.29, 1.82) is 10.5 Å². The fraction of sp³-hybridized carbons (Fsp3) is 0.733. The van der Waals surface area contributed by atoms with Crippen molar-refractivity contribution in [3.63, 3.8) is 0 Å². The van der Waals surface area contributed by atoms with Crippen molar-refractivity contribution in [3.05, 3.63) is 22.8 Å². The van der Waals surface area contributed by atoms with E-state index in [1.165, 1.54) is 0 Å². The number of rotatable bonds is 12. The van der Waals surface area contributed by atoms with Gasteiger partial charge in [-0.15, -0.1) is 0 Å². The smallest absolute Gasteiger partial charge is 0.227 e. The molecular formula is C15H22N6. The van der Waals surface area contributed by atoms with E-state index in [0.29, 0.717) is 52.1 Å². The van der Waals surface area contributed by atoms with Crippen LogP contribution in [0, 0.1) is 35.8 Å². The number of hydrogen-bond acceptors (Lipinski definition) is 4. The minimum atomic E-state index is 0.463. The highest BCUT2D eigenvalue weighted by atomic mass is 15.2. The Hall–Kier alpha value is -2.12. The molecule has 0 saturated carbocycles. The second-order valence-corrected chi connectivity index (χ2v) is 4.62. The normalized spacial score (nSPS) is 9.81. The molecule has 6 heteroatoms. The minimum absolute atomic E-state index is 0.463. The highest BCUT2D eigenvalue weighted by Crippen LogP contribution is 1.99. The molecule has 6 nitrogen and oxygen atoms in total. The van der Waals surface area contributed by atoms with Crippen LogP contribution in [-0.4, -0.2) is 62.2 Å². The summed E-state index contributed by atoms with van der Waals surface area (Å²) in [6.45, 7) is 19.1. The topological polar surface area (TPSA) is 62.8 Å². The molecule has 21 heavy (non-hydrogen) atoms. The Labute approximate surface area is 127 Å². The molecule has 0 aromatic heterocycles.